The van der Waals surface area contributed by atoms with Crippen molar-refractivity contribution in [2.24, 2.45) is 0 Å². The monoisotopic (exact) mass is 310 g/mol. The number of hydrogen-bond acceptors (Lipinski definition) is 4. The van der Waals surface area contributed by atoms with E-state index in [1.54, 1.807) is 13.8 Å². The molecule has 0 aromatic heterocycles. The first kappa shape index (κ1) is 16.2. The summed E-state index contributed by atoms with van der Waals surface area (Å²) >= 11 is 5.57. The van der Waals surface area contributed by atoms with Crippen LogP contribution in [0, 0.1) is 5.82 Å². The Balaban J connectivity index is 2.95. The van der Waals surface area contributed by atoms with E-state index < -0.39 is 20.7 Å². The maximum absolute atomic E-state index is 13.7. The Morgan fingerprint density at radius 3 is 2.74 bits per heavy atom. The summed E-state index contributed by atoms with van der Waals surface area (Å²) in [7, 11) is -4.02. The zero-order valence-corrected chi connectivity index (χ0v) is 12.2. The summed E-state index contributed by atoms with van der Waals surface area (Å²) in [6.07, 6.45) is -0.320. The van der Waals surface area contributed by atoms with E-state index in [4.69, 9.17) is 22.1 Å². The molecule has 1 rings (SSSR count). The Bertz CT molecular complexity index is 551. The second-order valence-electron chi connectivity index (χ2n) is 3.93. The van der Waals surface area contributed by atoms with Crippen molar-refractivity contribution in [1.82, 2.24) is 4.72 Å². The zero-order valence-electron chi connectivity index (χ0n) is 10.6. The molecule has 1 unspecified atom stereocenters. The van der Waals surface area contributed by atoms with Crippen molar-refractivity contribution >= 4 is 27.3 Å². The molecule has 3 N–H and O–H groups in total. The lowest BCUT2D eigenvalue weighted by Gasteiger charge is -2.14. The van der Waals surface area contributed by atoms with Gasteiger partial charge in [0.1, 0.15) is 4.90 Å². The molecule has 0 fully saturated rings. The Kier molecular flexibility index (Phi) is 5.54. The van der Waals surface area contributed by atoms with Crippen LogP contribution in [0.3, 0.4) is 0 Å². The summed E-state index contributed by atoms with van der Waals surface area (Å²) in [4.78, 5) is -0.568. The fourth-order valence-corrected chi connectivity index (χ4v) is 2.96. The Morgan fingerprint density at radius 1 is 1.53 bits per heavy atom. The number of ether oxygens (including phenoxy) is 1. The van der Waals surface area contributed by atoms with Gasteiger partial charge in [0.05, 0.1) is 11.1 Å². The Morgan fingerprint density at radius 2 is 2.16 bits per heavy atom. The molecule has 0 aliphatic heterocycles. The molecule has 0 amide bonds. The Labute approximate surface area is 116 Å². The van der Waals surface area contributed by atoms with Crippen molar-refractivity contribution in [2.45, 2.75) is 24.8 Å². The van der Waals surface area contributed by atoms with Gasteiger partial charge in [-0.3, -0.25) is 0 Å². The van der Waals surface area contributed by atoms with Gasteiger partial charge in [0, 0.05) is 18.8 Å². The quantitative estimate of drug-likeness (QED) is 0.785. The van der Waals surface area contributed by atoms with E-state index in [1.807, 2.05) is 0 Å². The van der Waals surface area contributed by atoms with E-state index in [-0.39, 0.29) is 23.4 Å². The molecule has 0 heterocycles. The number of halogens is 2. The highest BCUT2D eigenvalue weighted by atomic mass is 35.5. The molecule has 19 heavy (non-hydrogen) atoms. The Hall–Kier alpha value is -0.890. The van der Waals surface area contributed by atoms with Crippen molar-refractivity contribution < 1.29 is 17.5 Å². The van der Waals surface area contributed by atoms with E-state index in [9.17, 15) is 12.8 Å². The summed E-state index contributed by atoms with van der Waals surface area (Å²) in [6.45, 7) is 3.99. The molecule has 1 aromatic carbocycles. The minimum atomic E-state index is -4.02. The number of nitrogen functional groups attached to an aromatic ring is 1. The van der Waals surface area contributed by atoms with Crippen molar-refractivity contribution in [2.75, 3.05) is 18.9 Å². The van der Waals surface area contributed by atoms with E-state index in [0.29, 0.717) is 6.61 Å². The van der Waals surface area contributed by atoms with Gasteiger partial charge in [-0.05, 0) is 26.0 Å². The lowest BCUT2D eigenvalue weighted by atomic mass is 10.3. The van der Waals surface area contributed by atoms with Gasteiger partial charge >= 0.3 is 0 Å². The average Bonchev–Trinajstić information content (AvgIpc) is 2.31. The van der Waals surface area contributed by atoms with Gasteiger partial charge < -0.3 is 10.5 Å². The zero-order chi connectivity index (χ0) is 14.6. The normalized spacial score (nSPS) is 13.5. The van der Waals surface area contributed by atoms with E-state index in [0.717, 1.165) is 12.1 Å². The van der Waals surface area contributed by atoms with Gasteiger partial charge in [0.25, 0.3) is 0 Å². The lowest BCUT2D eigenvalue weighted by Crippen LogP contribution is -2.32. The van der Waals surface area contributed by atoms with Gasteiger partial charge in [-0.25, -0.2) is 17.5 Å². The highest BCUT2D eigenvalue weighted by molar-refractivity contribution is 7.89. The molecular weight excluding hydrogens is 295 g/mol. The molecule has 5 nitrogen and oxygen atoms in total. The van der Waals surface area contributed by atoms with Crippen LogP contribution in [-0.4, -0.2) is 27.7 Å². The molecular formula is C11H16ClFN2O3S. The van der Waals surface area contributed by atoms with Crippen LogP contribution in [0.25, 0.3) is 0 Å². The number of nitrogens with one attached hydrogen (secondary N) is 1. The van der Waals surface area contributed by atoms with Gasteiger partial charge in [-0.1, -0.05) is 11.6 Å². The topological polar surface area (TPSA) is 81.4 Å². The van der Waals surface area contributed by atoms with Crippen LogP contribution in [0.1, 0.15) is 13.8 Å². The maximum Gasteiger partial charge on any atom is 0.243 e. The van der Waals surface area contributed by atoms with Crippen molar-refractivity contribution in [3.8, 4) is 0 Å². The molecule has 0 spiro atoms. The summed E-state index contributed by atoms with van der Waals surface area (Å²) in [5, 5.41) is -0.335. The third kappa shape index (κ3) is 4.31. The summed E-state index contributed by atoms with van der Waals surface area (Å²) in [6, 6.07) is 2.17. The minimum Gasteiger partial charge on any atom is -0.399 e. The summed E-state index contributed by atoms with van der Waals surface area (Å²) in [5.41, 5.74) is 5.53. The smallest absolute Gasteiger partial charge is 0.243 e. The van der Waals surface area contributed by atoms with Gasteiger partial charge in [0.2, 0.25) is 10.0 Å². The van der Waals surface area contributed by atoms with Gasteiger partial charge in [0.15, 0.2) is 5.82 Å². The van der Waals surface area contributed by atoms with Crippen molar-refractivity contribution in [3.63, 3.8) is 0 Å². The fourth-order valence-electron chi connectivity index (χ4n) is 1.43. The van der Waals surface area contributed by atoms with E-state index in [1.165, 1.54) is 0 Å². The van der Waals surface area contributed by atoms with Crippen LogP contribution in [0.4, 0.5) is 10.1 Å². The molecule has 1 aromatic rings. The first-order valence-electron chi connectivity index (χ1n) is 5.63. The fraction of sp³-hybridized carbons (Fsp3) is 0.455. The van der Waals surface area contributed by atoms with Crippen LogP contribution in [0.15, 0.2) is 17.0 Å². The second-order valence-corrected chi connectivity index (χ2v) is 6.08. The molecule has 0 radical (unpaired) electrons. The van der Waals surface area contributed by atoms with Crippen LogP contribution in [0.5, 0.6) is 0 Å². The van der Waals surface area contributed by atoms with Crippen molar-refractivity contribution in [3.05, 3.63) is 23.0 Å². The number of rotatable bonds is 6. The number of anilines is 1. The molecule has 0 aliphatic rings. The standard InChI is InChI=1S/C11H16ClFN2O3S/c1-3-18-7(2)6-15-19(16,17)10-5-8(14)4-9(12)11(10)13/h4-5,7,15H,3,6,14H2,1-2H3. The molecule has 0 saturated carbocycles. The third-order valence-corrected chi connectivity index (χ3v) is 4.02. The van der Waals surface area contributed by atoms with Crippen LogP contribution in [0.2, 0.25) is 5.02 Å². The van der Waals surface area contributed by atoms with E-state index in [2.05, 4.69) is 4.72 Å². The predicted octanol–water partition coefficient (Wildman–Crippen LogP) is 1.76. The molecule has 1 atom stereocenters. The maximum atomic E-state index is 13.7. The van der Waals surface area contributed by atoms with Gasteiger partial charge in [-0.2, -0.15) is 0 Å². The highest BCUT2D eigenvalue weighted by Crippen LogP contribution is 2.25. The minimum absolute atomic E-state index is 0.0298. The second kappa shape index (κ2) is 6.51. The number of benzene rings is 1. The summed E-state index contributed by atoms with van der Waals surface area (Å²) < 4.78 is 45.0. The van der Waals surface area contributed by atoms with Crippen LogP contribution >= 0.6 is 11.6 Å². The van der Waals surface area contributed by atoms with Crippen molar-refractivity contribution in [1.29, 1.82) is 0 Å². The summed E-state index contributed by atoms with van der Waals surface area (Å²) in [5.74, 6) is -1.02. The molecule has 108 valence electrons. The largest absolute Gasteiger partial charge is 0.399 e. The SMILES string of the molecule is CCOC(C)CNS(=O)(=O)c1cc(N)cc(Cl)c1F. The molecule has 0 aliphatic carbocycles. The first-order chi connectivity index (χ1) is 8.77. The van der Waals surface area contributed by atoms with Crippen LogP contribution < -0.4 is 10.5 Å². The lowest BCUT2D eigenvalue weighted by molar-refractivity contribution is 0.0799. The van der Waals surface area contributed by atoms with Crippen LogP contribution in [-0.2, 0) is 14.8 Å². The molecule has 0 saturated heterocycles. The number of hydrogen-bond donors (Lipinski definition) is 2. The third-order valence-electron chi connectivity index (χ3n) is 2.32. The number of sulfonamides is 1. The average molecular weight is 311 g/mol. The molecule has 0 bridgehead atoms. The first-order valence-corrected chi connectivity index (χ1v) is 7.49. The van der Waals surface area contributed by atoms with Gasteiger partial charge in [-0.15, -0.1) is 0 Å². The highest BCUT2D eigenvalue weighted by Gasteiger charge is 2.22. The number of nitrogens with two attached hydrogens (primary N) is 1. The molecule has 8 heteroatoms. The predicted molar refractivity (Wildman–Crippen MR) is 72.1 cm³/mol. The van der Waals surface area contributed by atoms with E-state index >= 15 is 0 Å².